The molecule has 1 unspecified atom stereocenters. The maximum absolute atomic E-state index is 5.95. The second-order valence-electron chi connectivity index (χ2n) is 2.98. The molecule has 0 saturated heterocycles. The molecular weight excluding hydrogens is 190 g/mol. The standard InChI is InChI=1S/C9H10ClNS/c10-8-2-1-7(5-8)6-9-11-3-4-12-9/h3-5,8H,1-2,6H2. The Morgan fingerprint density at radius 3 is 3.17 bits per heavy atom. The van der Waals surface area contributed by atoms with Crippen LogP contribution in [0, 0.1) is 0 Å². The molecule has 64 valence electrons. The molecule has 1 aromatic heterocycles. The highest BCUT2D eigenvalue weighted by Crippen LogP contribution is 2.25. The second kappa shape index (κ2) is 3.58. The number of hydrogen-bond donors (Lipinski definition) is 0. The third kappa shape index (κ3) is 1.87. The summed E-state index contributed by atoms with van der Waals surface area (Å²) in [5.74, 6) is 0. The molecule has 1 aliphatic rings. The molecule has 0 saturated carbocycles. The number of allylic oxidation sites excluding steroid dienone is 2. The van der Waals surface area contributed by atoms with Crippen LogP contribution in [0.25, 0.3) is 0 Å². The van der Waals surface area contributed by atoms with Crippen LogP contribution in [0.5, 0.6) is 0 Å². The van der Waals surface area contributed by atoms with Crippen LogP contribution in [0.4, 0.5) is 0 Å². The van der Waals surface area contributed by atoms with Crippen molar-refractivity contribution in [2.45, 2.75) is 24.6 Å². The van der Waals surface area contributed by atoms with Crippen molar-refractivity contribution in [3.8, 4) is 0 Å². The van der Waals surface area contributed by atoms with Crippen LogP contribution in [0.3, 0.4) is 0 Å². The molecule has 1 nitrogen and oxygen atoms in total. The lowest BCUT2D eigenvalue weighted by Crippen LogP contribution is -1.85. The van der Waals surface area contributed by atoms with E-state index in [4.69, 9.17) is 11.6 Å². The highest BCUT2D eigenvalue weighted by molar-refractivity contribution is 7.09. The van der Waals surface area contributed by atoms with E-state index in [2.05, 4.69) is 11.1 Å². The number of nitrogens with zero attached hydrogens (tertiary/aromatic N) is 1. The summed E-state index contributed by atoms with van der Waals surface area (Å²) in [6.45, 7) is 0. The summed E-state index contributed by atoms with van der Waals surface area (Å²) in [4.78, 5) is 4.24. The zero-order valence-corrected chi connectivity index (χ0v) is 8.24. The maximum atomic E-state index is 5.95. The van der Waals surface area contributed by atoms with Gasteiger partial charge in [-0.25, -0.2) is 4.98 Å². The molecule has 0 N–H and O–H groups in total. The molecule has 12 heavy (non-hydrogen) atoms. The predicted molar refractivity (Wildman–Crippen MR) is 52.8 cm³/mol. The van der Waals surface area contributed by atoms with Crippen LogP contribution in [0.2, 0.25) is 0 Å². The first kappa shape index (κ1) is 8.27. The van der Waals surface area contributed by atoms with Crippen LogP contribution < -0.4 is 0 Å². The highest BCUT2D eigenvalue weighted by atomic mass is 35.5. The van der Waals surface area contributed by atoms with Crippen LogP contribution in [-0.2, 0) is 6.42 Å². The van der Waals surface area contributed by atoms with Gasteiger partial charge in [-0.2, -0.15) is 0 Å². The number of aromatic nitrogens is 1. The summed E-state index contributed by atoms with van der Waals surface area (Å²) in [6.07, 6.45) is 7.27. The van der Waals surface area contributed by atoms with Gasteiger partial charge in [0.15, 0.2) is 0 Å². The number of rotatable bonds is 2. The van der Waals surface area contributed by atoms with Crippen molar-refractivity contribution in [3.05, 3.63) is 28.2 Å². The first-order valence-corrected chi connectivity index (χ1v) is 5.38. The van der Waals surface area contributed by atoms with E-state index in [1.165, 1.54) is 10.6 Å². The molecule has 1 heterocycles. The minimum Gasteiger partial charge on any atom is -0.249 e. The summed E-state index contributed by atoms with van der Waals surface area (Å²) in [5, 5.41) is 3.48. The first-order valence-electron chi connectivity index (χ1n) is 4.06. The molecule has 0 bridgehead atoms. The Bertz CT molecular complexity index is 279. The molecule has 0 amide bonds. The Morgan fingerprint density at radius 1 is 1.67 bits per heavy atom. The summed E-state index contributed by atoms with van der Waals surface area (Å²) in [7, 11) is 0. The molecule has 1 atom stereocenters. The van der Waals surface area contributed by atoms with Gasteiger partial charge in [0.2, 0.25) is 0 Å². The highest BCUT2D eigenvalue weighted by Gasteiger charge is 2.13. The van der Waals surface area contributed by atoms with E-state index in [1.807, 2.05) is 11.6 Å². The summed E-state index contributed by atoms with van der Waals surface area (Å²) >= 11 is 7.67. The lowest BCUT2D eigenvalue weighted by Gasteiger charge is -1.95. The van der Waals surface area contributed by atoms with Gasteiger partial charge in [0, 0.05) is 18.0 Å². The van der Waals surface area contributed by atoms with Crippen LogP contribution in [-0.4, -0.2) is 10.4 Å². The van der Waals surface area contributed by atoms with Gasteiger partial charge in [-0.1, -0.05) is 11.6 Å². The third-order valence-electron chi connectivity index (χ3n) is 2.02. The average Bonchev–Trinajstić information content (AvgIpc) is 2.63. The summed E-state index contributed by atoms with van der Waals surface area (Å²) in [6, 6.07) is 0. The van der Waals surface area contributed by atoms with Gasteiger partial charge in [0.05, 0.1) is 10.4 Å². The zero-order chi connectivity index (χ0) is 8.39. The lowest BCUT2D eigenvalue weighted by molar-refractivity contribution is 0.889. The minimum absolute atomic E-state index is 0.264. The van der Waals surface area contributed by atoms with Crippen LogP contribution in [0.15, 0.2) is 23.2 Å². The number of thiazole rings is 1. The minimum atomic E-state index is 0.264. The van der Waals surface area contributed by atoms with Gasteiger partial charge in [0.1, 0.15) is 0 Å². The van der Waals surface area contributed by atoms with E-state index in [0.29, 0.717) is 0 Å². The van der Waals surface area contributed by atoms with Gasteiger partial charge < -0.3 is 0 Å². The number of alkyl halides is 1. The fourth-order valence-electron chi connectivity index (χ4n) is 1.43. The van der Waals surface area contributed by atoms with E-state index in [9.17, 15) is 0 Å². The fraction of sp³-hybridized carbons (Fsp3) is 0.444. The molecule has 1 aromatic rings. The largest absolute Gasteiger partial charge is 0.249 e. The van der Waals surface area contributed by atoms with E-state index in [-0.39, 0.29) is 5.38 Å². The Hall–Kier alpha value is -0.340. The Balaban J connectivity index is 2.00. The Kier molecular flexibility index (Phi) is 2.47. The molecule has 0 aromatic carbocycles. The van der Waals surface area contributed by atoms with Crippen LogP contribution in [0.1, 0.15) is 17.8 Å². The van der Waals surface area contributed by atoms with Crippen molar-refractivity contribution in [2.75, 3.05) is 0 Å². The van der Waals surface area contributed by atoms with E-state index in [0.717, 1.165) is 19.3 Å². The maximum Gasteiger partial charge on any atom is 0.0965 e. The molecule has 3 heteroatoms. The molecule has 0 fully saturated rings. The van der Waals surface area contributed by atoms with Crippen molar-refractivity contribution in [1.29, 1.82) is 0 Å². The van der Waals surface area contributed by atoms with Crippen molar-refractivity contribution in [3.63, 3.8) is 0 Å². The van der Waals surface area contributed by atoms with Gasteiger partial charge in [-0.3, -0.25) is 0 Å². The molecule has 0 spiro atoms. The molecule has 2 rings (SSSR count). The van der Waals surface area contributed by atoms with Gasteiger partial charge in [-0.05, 0) is 12.8 Å². The molecule has 1 aliphatic carbocycles. The van der Waals surface area contributed by atoms with E-state index >= 15 is 0 Å². The van der Waals surface area contributed by atoms with Crippen molar-refractivity contribution < 1.29 is 0 Å². The SMILES string of the molecule is ClC1C=C(Cc2nccs2)CC1. The van der Waals surface area contributed by atoms with Gasteiger partial charge in [-0.15, -0.1) is 22.9 Å². The zero-order valence-electron chi connectivity index (χ0n) is 6.66. The number of halogens is 1. The van der Waals surface area contributed by atoms with Crippen LogP contribution >= 0.6 is 22.9 Å². The Morgan fingerprint density at radius 2 is 2.58 bits per heavy atom. The Labute approximate surface area is 81.1 Å². The summed E-state index contributed by atoms with van der Waals surface area (Å²) < 4.78 is 0. The van der Waals surface area contributed by atoms with Gasteiger partial charge >= 0.3 is 0 Å². The second-order valence-corrected chi connectivity index (χ2v) is 4.52. The monoisotopic (exact) mass is 199 g/mol. The first-order chi connectivity index (χ1) is 5.84. The van der Waals surface area contributed by atoms with E-state index < -0.39 is 0 Å². The molecule has 0 aliphatic heterocycles. The normalized spacial score (nSPS) is 22.8. The quantitative estimate of drug-likeness (QED) is 0.527. The van der Waals surface area contributed by atoms with Crippen molar-refractivity contribution in [2.24, 2.45) is 0 Å². The van der Waals surface area contributed by atoms with Crippen molar-refractivity contribution in [1.82, 2.24) is 4.98 Å². The average molecular weight is 200 g/mol. The number of hydrogen-bond acceptors (Lipinski definition) is 2. The van der Waals surface area contributed by atoms with E-state index in [1.54, 1.807) is 11.3 Å². The topological polar surface area (TPSA) is 12.9 Å². The lowest BCUT2D eigenvalue weighted by atomic mass is 10.2. The predicted octanol–water partition coefficient (Wildman–Crippen LogP) is 3.01. The van der Waals surface area contributed by atoms with Crippen molar-refractivity contribution >= 4 is 22.9 Å². The fourth-order valence-corrected chi connectivity index (χ4v) is 2.38. The smallest absolute Gasteiger partial charge is 0.0965 e. The molecule has 0 radical (unpaired) electrons. The van der Waals surface area contributed by atoms with Gasteiger partial charge in [0.25, 0.3) is 0 Å². The summed E-state index contributed by atoms with van der Waals surface area (Å²) in [5.41, 5.74) is 1.45. The third-order valence-corrected chi connectivity index (χ3v) is 3.14. The molecular formula is C9H10ClNS.